The lowest BCUT2D eigenvalue weighted by Gasteiger charge is -2.11. The van der Waals surface area contributed by atoms with E-state index in [1.165, 1.54) is 0 Å². The van der Waals surface area contributed by atoms with E-state index < -0.39 is 0 Å². The number of carbonyl (C=O) groups is 1. The molecule has 1 N–H and O–H groups in total. The second kappa shape index (κ2) is 10.3. The molecule has 0 aromatic heterocycles. The Balaban J connectivity index is 1.63. The summed E-state index contributed by atoms with van der Waals surface area (Å²) in [6.07, 6.45) is 1.55. The first-order chi connectivity index (χ1) is 14.1. The molecule has 0 atom stereocenters. The summed E-state index contributed by atoms with van der Waals surface area (Å²) in [7, 11) is 1.57. The quantitative estimate of drug-likeness (QED) is 0.261. The summed E-state index contributed by atoms with van der Waals surface area (Å²) < 4.78 is 12.1. The predicted octanol–water partition coefficient (Wildman–Crippen LogP) is 5.30. The van der Waals surface area contributed by atoms with Gasteiger partial charge in [-0.2, -0.15) is 5.10 Å². The van der Waals surface area contributed by atoms with Crippen LogP contribution in [-0.2, 0) is 6.61 Å². The zero-order valence-corrected chi connectivity index (χ0v) is 18.5. The molecule has 1 amide bonds. The number of amides is 1. The number of nitrogens with zero attached hydrogens (tertiary/aromatic N) is 1. The van der Waals surface area contributed by atoms with Crippen LogP contribution in [0.5, 0.6) is 11.5 Å². The standard InChI is InChI=1S/C22H18ClIN2O3/c1-28-21-12-16(13-25-26-22(27)18-4-2-3-5-19(18)24)8-11-20(21)29-14-15-6-9-17(23)10-7-15/h2-13H,14H2,1H3,(H,26,27)/b25-13-. The molecule has 3 rings (SSSR count). The number of nitrogens with one attached hydrogen (secondary N) is 1. The number of benzene rings is 3. The summed E-state index contributed by atoms with van der Waals surface area (Å²) >= 11 is 8.01. The van der Waals surface area contributed by atoms with E-state index in [0.29, 0.717) is 28.7 Å². The molecule has 0 saturated carbocycles. The summed E-state index contributed by atoms with van der Waals surface area (Å²) in [6.45, 7) is 0.396. The summed E-state index contributed by atoms with van der Waals surface area (Å²) in [6, 6.07) is 20.2. The van der Waals surface area contributed by atoms with Crippen molar-refractivity contribution in [3.8, 4) is 11.5 Å². The van der Waals surface area contributed by atoms with Crippen LogP contribution < -0.4 is 14.9 Å². The van der Waals surface area contributed by atoms with Crippen LogP contribution in [-0.4, -0.2) is 19.2 Å². The Hall–Kier alpha value is -2.58. The van der Waals surface area contributed by atoms with Crippen molar-refractivity contribution in [3.05, 3.63) is 92.0 Å². The molecular formula is C22H18ClIN2O3. The molecule has 0 aliphatic rings. The Labute approximate surface area is 187 Å². The first kappa shape index (κ1) is 21.1. The fourth-order valence-electron chi connectivity index (χ4n) is 2.50. The molecule has 0 bridgehead atoms. The molecule has 7 heteroatoms. The van der Waals surface area contributed by atoms with Gasteiger partial charge in [-0.25, -0.2) is 5.43 Å². The second-order valence-electron chi connectivity index (χ2n) is 6.00. The number of hydrogen-bond acceptors (Lipinski definition) is 4. The van der Waals surface area contributed by atoms with Crippen molar-refractivity contribution in [3.63, 3.8) is 0 Å². The van der Waals surface area contributed by atoms with Gasteiger partial charge in [0.2, 0.25) is 0 Å². The lowest BCUT2D eigenvalue weighted by molar-refractivity contribution is 0.0954. The maximum absolute atomic E-state index is 12.2. The Morgan fingerprint density at radius 3 is 2.59 bits per heavy atom. The Morgan fingerprint density at radius 1 is 1.10 bits per heavy atom. The lowest BCUT2D eigenvalue weighted by atomic mass is 10.2. The van der Waals surface area contributed by atoms with Crippen molar-refractivity contribution >= 4 is 46.3 Å². The highest BCUT2D eigenvalue weighted by Gasteiger charge is 2.08. The topological polar surface area (TPSA) is 59.9 Å². The van der Waals surface area contributed by atoms with E-state index in [1.54, 1.807) is 31.5 Å². The molecule has 148 valence electrons. The molecule has 0 aliphatic carbocycles. The van der Waals surface area contributed by atoms with Gasteiger partial charge in [0.15, 0.2) is 11.5 Å². The highest BCUT2D eigenvalue weighted by Crippen LogP contribution is 2.28. The third kappa shape index (κ3) is 5.95. The minimum Gasteiger partial charge on any atom is -0.493 e. The minimum absolute atomic E-state index is 0.263. The molecule has 5 nitrogen and oxygen atoms in total. The predicted molar refractivity (Wildman–Crippen MR) is 123 cm³/mol. The number of halogens is 2. The van der Waals surface area contributed by atoms with Gasteiger partial charge in [0, 0.05) is 8.59 Å². The highest BCUT2D eigenvalue weighted by molar-refractivity contribution is 14.1. The number of ether oxygens (including phenoxy) is 2. The molecule has 0 aliphatic heterocycles. The van der Waals surface area contributed by atoms with Crippen molar-refractivity contribution < 1.29 is 14.3 Å². The summed E-state index contributed by atoms with van der Waals surface area (Å²) in [5, 5.41) is 4.71. The van der Waals surface area contributed by atoms with E-state index in [2.05, 4.69) is 33.1 Å². The van der Waals surface area contributed by atoms with Gasteiger partial charge >= 0.3 is 0 Å². The SMILES string of the molecule is COc1cc(/C=N\NC(=O)c2ccccc2I)ccc1OCc1ccc(Cl)cc1. The Morgan fingerprint density at radius 2 is 1.86 bits per heavy atom. The molecule has 3 aromatic rings. The van der Waals surface area contributed by atoms with Gasteiger partial charge in [-0.1, -0.05) is 35.9 Å². The maximum atomic E-state index is 12.2. The van der Waals surface area contributed by atoms with Crippen LogP contribution >= 0.6 is 34.2 Å². The molecule has 0 heterocycles. The van der Waals surface area contributed by atoms with E-state index in [1.807, 2.05) is 48.5 Å². The molecule has 0 radical (unpaired) electrons. The number of rotatable bonds is 7. The third-order valence-corrected chi connectivity index (χ3v) is 5.19. The Bertz CT molecular complexity index is 1020. The van der Waals surface area contributed by atoms with Gasteiger partial charge in [0.25, 0.3) is 5.91 Å². The average molecular weight is 521 g/mol. The van der Waals surface area contributed by atoms with Gasteiger partial charge < -0.3 is 9.47 Å². The van der Waals surface area contributed by atoms with E-state index in [9.17, 15) is 4.79 Å². The largest absolute Gasteiger partial charge is 0.493 e. The van der Waals surface area contributed by atoms with Crippen molar-refractivity contribution in [2.45, 2.75) is 6.61 Å². The van der Waals surface area contributed by atoms with E-state index in [-0.39, 0.29) is 5.91 Å². The molecular weight excluding hydrogens is 503 g/mol. The fourth-order valence-corrected chi connectivity index (χ4v) is 3.25. The normalized spacial score (nSPS) is 10.7. The molecule has 0 saturated heterocycles. The van der Waals surface area contributed by atoms with Crippen LogP contribution in [0.4, 0.5) is 0 Å². The second-order valence-corrected chi connectivity index (χ2v) is 7.60. The van der Waals surface area contributed by atoms with Crippen molar-refractivity contribution in [2.24, 2.45) is 5.10 Å². The summed E-state index contributed by atoms with van der Waals surface area (Å²) in [4.78, 5) is 12.2. The fraction of sp³-hybridized carbons (Fsp3) is 0.0909. The van der Waals surface area contributed by atoms with Gasteiger partial charge in [0.05, 0.1) is 18.9 Å². The number of methoxy groups -OCH3 is 1. The maximum Gasteiger partial charge on any atom is 0.272 e. The molecule has 0 fully saturated rings. The average Bonchev–Trinajstić information content (AvgIpc) is 2.74. The number of carbonyl (C=O) groups excluding carboxylic acids is 1. The van der Waals surface area contributed by atoms with Crippen LogP contribution in [0.3, 0.4) is 0 Å². The zero-order chi connectivity index (χ0) is 20.6. The highest BCUT2D eigenvalue weighted by atomic mass is 127. The molecule has 0 spiro atoms. The van der Waals surface area contributed by atoms with Crippen molar-refractivity contribution in [1.82, 2.24) is 5.43 Å². The zero-order valence-electron chi connectivity index (χ0n) is 15.6. The van der Waals surface area contributed by atoms with Crippen LogP contribution in [0.2, 0.25) is 5.02 Å². The van der Waals surface area contributed by atoms with E-state index >= 15 is 0 Å². The van der Waals surface area contributed by atoms with Gasteiger partial charge in [-0.15, -0.1) is 0 Å². The van der Waals surface area contributed by atoms with Gasteiger partial charge in [0.1, 0.15) is 6.61 Å². The molecule has 0 unspecified atom stereocenters. The van der Waals surface area contributed by atoms with Crippen LogP contribution in [0.15, 0.2) is 71.8 Å². The van der Waals surface area contributed by atoms with E-state index in [0.717, 1.165) is 14.7 Å². The van der Waals surface area contributed by atoms with E-state index in [4.69, 9.17) is 21.1 Å². The lowest BCUT2D eigenvalue weighted by Crippen LogP contribution is -2.18. The van der Waals surface area contributed by atoms with Crippen LogP contribution in [0.25, 0.3) is 0 Å². The first-order valence-electron chi connectivity index (χ1n) is 8.70. The number of hydrazone groups is 1. The van der Waals surface area contributed by atoms with Crippen molar-refractivity contribution in [2.75, 3.05) is 7.11 Å². The van der Waals surface area contributed by atoms with Gasteiger partial charge in [-0.3, -0.25) is 4.79 Å². The summed E-state index contributed by atoms with van der Waals surface area (Å²) in [5.74, 6) is 0.926. The molecule has 29 heavy (non-hydrogen) atoms. The third-order valence-electron chi connectivity index (χ3n) is 3.99. The van der Waals surface area contributed by atoms with Gasteiger partial charge in [-0.05, 0) is 76.2 Å². The Kier molecular flexibility index (Phi) is 7.48. The summed E-state index contributed by atoms with van der Waals surface area (Å²) in [5.41, 5.74) is 4.88. The van der Waals surface area contributed by atoms with Crippen LogP contribution in [0.1, 0.15) is 21.5 Å². The minimum atomic E-state index is -0.263. The van der Waals surface area contributed by atoms with Crippen LogP contribution in [0, 0.1) is 3.57 Å². The number of hydrogen-bond donors (Lipinski definition) is 1. The smallest absolute Gasteiger partial charge is 0.272 e. The molecule has 3 aromatic carbocycles. The van der Waals surface area contributed by atoms with Crippen molar-refractivity contribution in [1.29, 1.82) is 0 Å². The first-order valence-corrected chi connectivity index (χ1v) is 10.2. The monoisotopic (exact) mass is 520 g/mol.